The summed E-state index contributed by atoms with van der Waals surface area (Å²) < 4.78 is 24.5. The van der Waals surface area contributed by atoms with Crippen LogP contribution in [-0.4, -0.2) is 34.0 Å². The van der Waals surface area contributed by atoms with Crippen LogP contribution in [0.25, 0.3) is 0 Å². The molecule has 0 bridgehead atoms. The summed E-state index contributed by atoms with van der Waals surface area (Å²) in [6, 6.07) is 0. The second-order valence-electron chi connectivity index (χ2n) is 1.96. The minimum Gasteiger partial charge on any atom is -0.359 e. The van der Waals surface area contributed by atoms with Gasteiger partial charge in [0, 0.05) is 13.0 Å². The zero-order chi connectivity index (χ0) is 10.1. The predicted molar refractivity (Wildman–Crippen MR) is 43.1 cm³/mol. The second-order valence-corrected chi connectivity index (χ2v) is 2.62. The topological polar surface area (TPSA) is 102 Å². The number of carbonyl (C=O) groups is 2. The van der Waals surface area contributed by atoms with Crippen LogP contribution in [0.5, 0.6) is 0 Å². The molecule has 7 nitrogen and oxygen atoms in total. The molecule has 0 saturated carbocycles. The fraction of sp³-hybridized carbons (Fsp3) is 0.600. The monoisotopic (exact) mass is 210 g/mol. The van der Waals surface area contributed by atoms with Crippen LogP contribution in [0.3, 0.4) is 0 Å². The molecule has 1 atom stereocenters. The van der Waals surface area contributed by atoms with Gasteiger partial charge in [0.1, 0.15) is 6.23 Å². The molecule has 0 radical (unpaired) electrons. The lowest BCUT2D eigenvalue weighted by atomic mass is 10.4. The van der Waals surface area contributed by atoms with E-state index in [4.69, 9.17) is 0 Å². The summed E-state index contributed by atoms with van der Waals surface area (Å²) in [5.41, 5.74) is 0. The van der Waals surface area contributed by atoms with Crippen LogP contribution in [0.2, 0.25) is 0 Å². The van der Waals surface area contributed by atoms with E-state index in [1.165, 1.54) is 0 Å². The highest BCUT2D eigenvalue weighted by molar-refractivity contribution is 7.67. The molecule has 0 aromatic rings. The smallest absolute Gasteiger partial charge is 0.259 e. The summed E-state index contributed by atoms with van der Waals surface area (Å²) >= 11 is 0. The summed E-state index contributed by atoms with van der Waals surface area (Å²) in [6.45, 7) is 0.220. The first-order chi connectivity index (χ1) is 6.20. The molecule has 2 N–H and O–H groups in total. The van der Waals surface area contributed by atoms with Gasteiger partial charge < -0.3 is 10.6 Å². The van der Waals surface area contributed by atoms with Crippen LogP contribution in [0.4, 0.5) is 0 Å². The summed E-state index contributed by atoms with van der Waals surface area (Å²) in [5.74, 6) is 0. The first kappa shape index (κ1) is 11.8. The van der Waals surface area contributed by atoms with Gasteiger partial charge in [-0.3, -0.25) is 9.59 Å². The third-order valence-corrected chi connectivity index (χ3v) is 1.53. The Morgan fingerprint density at radius 3 is 2.46 bits per heavy atom. The third kappa shape index (κ3) is 7.22. The van der Waals surface area contributed by atoms with E-state index in [0.717, 1.165) is 0 Å². The van der Waals surface area contributed by atoms with Crippen molar-refractivity contribution in [1.29, 1.82) is 0 Å². The van der Waals surface area contributed by atoms with Crippen molar-refractivity contribution >= 4 is 23.8 Å². The van der Waals surface area contributed by atoms with Crippen molar-refractivity contribution in [1.82, 2.24) is 10.6 Å². The van der Waals surface area contributed by atoms with Crippen LogP contribution < -0.4 is 10.6 Å². The molecule has 1 unspecified atom stereocenters. The number of amides is 2. The van der Waals surface area contributed by atoms with Crippen molar-refractivity contribution in [3.63, 3.8) is 0 Å². The zero-order valence-corrected chi connectivity index (χ0v) is 7.53. The predicted octanol–water partition coefficient (Wildman–Crippen LogP) is -2.26. The molecule has 0 aliphatic heterocycles. The number of thiol groups is 1. The minimum atomic E-state index is -3.01. The van der Waals surface area contributed by atoms with E-state index in [1.807, 2.05) is 0 Å². The van der Waals surface area contributed by atoms with Crippen molar-refractivity contribution in [2.75, 3.05) is 6.54 Å². The standard InChI is InChI=1S/C5H10N2O5S/c8-3-6-2-1-5(7-4-9)12-13(10)11/h3-5,13H,1-2H2,(H,6,8)(H,7,9). The van der Waals surface area contributed by atoms with Crippen molar-refractivity contribution in [3.05, 3.63) is 0 Å². The van der Waals surface area contributed by atoms with Crippen LogP contribution in [0.1, 0.15) is 6.42 Å². The molecule has 0 spiro atoms. The van der Waals surface area contributed by atoms with E-state index in [2.05, 4.69) is 14.8 Å². The summed E-state index contributed by atoms with van der Waals surface area (Å²) in [7, 11) is -3.01. The maximum atomic E-state index is 10.1. The van der Waals surface area contributed by atoms with Crippen LogP contribution in [0.15, 0.2) is 0 Å². The normalized spacial score (nSPS) is 12.1. The zero-order valence-electron chi connectivity index (χ0n) is 6.63. The Hall–Kier alpha value is -1.15. The van der Waals surface area contributed by atoms with E-state index in [9.17, 15) is 18.0 Å². The lowest BCUT2D eigenvalue weighted by Gasteiger charge is -2.11. The average Bonchev–Trinajstić information content (AvgIpc) is 2.04. The van der Waals surface area contributed by atoms with Gasteiger partial charge >= 0.3 is 0 Å². The van der Waals surface area contributed by atoms with E-state index >= 15 is 0 Å². The highest BCUT2D eigenvalue weighted by atomic mass is 32.2. The van der Waals surface area contributed by atoms with E-state index in [1.54, 1.807) is 0 Å². The number of hydrogen-bond donors (Lipinski definition) is 3. The van der Waals surface area contributed by atoms with E-state index in [0.29, 0.717) is 12.8 Å². The van der Waals surface area contributed by atoms with Gasteiger partial charge in [-0.2, -0.15) is 0 Å². The molecule has 2 amide bonds. The Labute approximate surface area is 76.6 Å². The Balaban J connectivity index is 3.78. The molecule has 0 rings (SSSR count). The highest BCUT2D eigenvalue weighted by Gasteiger charge is 2.07. The molecule has 0 saturated heterocycles. The van der Waals surface area contributed by atoms with Gasteiger partial charge in [-0.15, -0.1) is 0 Å². The maximum Gasteiger partial charge on any atom is 0.259 e. The number of carbonyl (C=O) groups excluding carboxylic acids is 2. The Morgan fingerprint density at radius 1 is 1.31 bits per heavy atom. The summed E-state index contributed by atoms with van der Waals surface area (Å²) in [5, 5.41) is 4.43. The molecule has 0 aromatic heterocycles. The molecule has 76 valence electrons. The van der Waals surface area contributed by atoms with E-state index < -0.39 is 17.2 Å². The van der Waals surface area contributed by atoms with Crippen molar-refractivity contribution in [2.24, 2.45) is 0 Å². The molecule has 13 heavy (non-hydrogen) atoms. The Kier molecular flexibility index (Phi) is 6.83. The average molecular weight is 210 g/mol. The van der Waals surface area contributed by atoms with Crippen molar-refractivity contribution in [3.8, 4) is 0 Å². The molecule has 0 heterocycles. The first-order valence-electron chi connectivity index (χ1n) is 3.38. The SMILES string of the molecule is O=CNCCC(NC=O)O[SH](=O)=O. The van der Waals surface area contributed by atoms with Crippen LogP contribution in [-0.2, 0) is 24.8 Å². The molecule has 0 fully saturated rings. The Bertz CT molecular complexity index is 221. The number of hydrogen-bond acceptors (Lipinski definition) is 5. The molecule has 0 aromatic carbocycles. The van der Waals surface area contributed by atoms with Gasteiger partial charge in [-0.25, -0.2) is 12.6 Å². The fourth-order valence-electron chi connectivity index (χ4n) is 0.620. The van der Waals surface area contributed by atoms with Gasteiger partial charge in [-0.05, 0) is 0 Å². The summed E-state index contributed by atoms with van der Waals surface area (Å²) in [6.07, 6.45) is 0.0477. The van der Waals surface area contributed by atoms with Gasteiger partial charge in [-0.1, -0.05) is 0 Å². The number of nitrogens with one attached hydrogen (secondary N) is 2. The maximum absolute atomic E-state index is 10.1. The molecule has 8 heteroatoms. The minimum absolute atomic E-state index is 0.181. The lowest BCUT2D eigenvalue weighted by molar-refractivity contribution is -0.111. The van der Waals surface area contributed by atoms with E-state index in [-0.39, 0.29) is 13.0 Å². The molecular formula is C5H10N2O5S. The third-order valence-electron chi connectivity index (χ3n) is 1.10. The molecular weight excluding hydrogens is 200 g/mol. The van der Waals surface area contributed by atoms with Gasteiger partial charge in [0.05, 0.1) is 0 Å². The number of rotatable bonds is 8. The van der Waals surface area contributed by atoms with Crippen molar-refractivity contribution < 1.29 is 22.2 Å². The molecule has 0 aliphatic rings. The van der Waals surface area contributed by atoms with Gasteiger partial charge in [0.25, 0.3) is 11.0 Å². The molecule has 0 aliphatic carbocycles. The van der Waals surface area contributed by atoms with Crippen LogP contribution in [0, 0.1) is 0 Å². The van der Waals surface area contributed by atoms with Gasteiger partial charge in [0.2, 0.25) is 12.8 Å². The van der Waals surface area contributed by atoms with Crippen LogP contribution >= 0.6 is 0 Å². The van der Waals surface area contributed by atoms with Crippen molar-refractivity contribution in [2.45, 2.75) is 12.6 Å². The first-order valence-corrected chi connectivity index (χ1v) is 4.48. The Morgan fingerprint density at radius 2 is 2.00 bits per heavy atom. The summed E-state index contributed by atoms with van der Waals surface area (Å²) in [4.78, 5) is 19.8. The van der Waals surface area contributed by atoms with Gasteiger partial charge in [0.15, 0.2) is 0 Å². The highest BCUT2D eigenvalue weighted by Crippen LogP contribution is 1.91. The fourth-order valence-corrected chi connectivity index (χ4v) is 0.994. The lowest BCUT2D eigenvalue weighted by Crippen LogP contribution is -2.33. The second kappa shape index (κ2) is 7.50. The quantitative estimate of drug-likeness (QED) is 0.182. The largest absolute Gasteiger partial charge is 0.359 e.